The van der Waals surface area contributed by atoms with E-state index in [0.717, 1.165) is 0 Å². The summed E-state index contributed by atoms with van der Waals surface area (Å²) in [6.07, 6.45) is 0.941. The number of hydrogen-bond acceptors (Lipinski definition) is 4. The summed E-state index contributed by atoms with van der Waals surface area (Å²) in [6, 6.07) is 7.04. The molecule has 1 aliphatic heterocycles. The van der Waals surface area contributed by atoms with Gasteiger partial charge in [-0.2, -0.15) is 0 Å². The smallest absolute Gasteiger partial charge is 0.324 e. The van der Waals surface area contributed by atoms with Crippen LogP contribution >= 0.6 is 0 Å². The molecule has 0 aromatic heterocycles. The minimum Gasteiger partial charge on any atom is -0.493 e. The third-order valence-corrected chi connectivity index (χ3v) is 3.01. The molecule has 1 aromatic rings. The van der Waals surface area contributed by atoms with Crippen molar-refractivity contribution in [3.05, 3.63) is 24.3 Å². The summed E-state index contributed by atoms with van der Waals surface area (Å²) in [6.45, 7) is 1.20. The number of benzene rings is 1. The van der Waals surface area contributed by atoms with Crippen molar-refractivity contribution in [1.82, 2.24) is 10.2 Å². The predicted molar refractivity (Wildman–Crippen MR) is 72.8 cm³/mol. The molecule has 3 amide bonds. The Morgan fingerprint density at radius 1 is 1.25 bits per heavy atom. The molecule has 108 valence electrons. The van der Waals surface area contributed by atoms with E-state index in [9.17, 15) is 9.59 Å². The minimum atomic E-state index is -0.321. The van der Waals surface area contributed by atoms with Crippen LogP contribution in [0.3, 0.4) is 0 Å². The Labute approximate surface area is 117 Å². The lowest BCUT2D eigenvalue weighted by atomic mass is 10.3. The van der Waals surface area contributed by atoms with Gasteiger partial charge in [0.15, 0.2) is 11.5 Å². The molecule has 6 nitrogen and oxygen atoms in total. The maximum absolute atomic E-state index is 11.6. The van der Waals surface area contributed by atoms with Crippen molar-refractivity contribution in [2.75, 3.05) is 26.8 Å². The molecular formula is C14H18N2O4. The Bertz CT molecular complexity index is 474. The number of hydrogen-bond donors (Lipinski definition) is 1. The van der Waals surface area contributed by atoms with Gasteiger partial charge in [-0.25, -0.2) is 4.79 Å². The summed E-state index contributed by atoms with van der Waals surface area (Å²) in [5.74, 6) is 1.19. The third kappa shape index (κ3) is 3.40. The Hall–Kier alpha value is -2.24. The van der Waals surface area contributed by atoms with Crippen molar-refractivity contribution in [1.29, 1.82) is 0 Å². The fourth-order valence-corrected chi connectivity index (χ4v) is 1.99. The molecule has 1 fully saturated rings. The number of carbonyl (C=O) groups is 2. The molecule has 0 radical (unpaired) electrons. The molecule has 1 aromatic carbocycles. The lowest BCUT2D eigenvalue weighted by Crippen LogP contribution is -2.50. The molecule has 1 N–H and O–H groups in total. The quantitative estimate of drug-likeness (QED) is 0.799. The molecule has 1 saturated heterocycles. The largest absolute Gasteiger partial charge is 0.493 e. The number of nitrogens with zero attached hydrogens (tertiary/aromatic N) is 1. The third-order valence-electron chi connectivity index (χ3n) is 3.01. The molecule has 1 heterocycles. The van der Waals surface area contributed by atoms with Crippen LogP contribution in [0, 0.1) is 0 Å². The summed E-state index contributed by atoms with van der Waals surface area (Å²) >= 11 is 0. The van der Waals surface area contributed by atoms with E-state index in [4.69, 9.17) is 9.47 Å². The molecule has 0 aliphatic carbocycles. The number of urea groups is 1. The summed E-state index contributed by atoms with van der Waals surface area (Å²) in [7, 11) is 1.58. The summed E-state index contributed by atoms with van der Waals surface area (Å²) in [5, 5.41) is 2.64. The van der Waals surface area contributed by atoms with Crippen LogP contribution < -0.4 is 14.8 Å². The van der Waals surface area contributed by atoms with E-state index in [2.05, 4.69) is 5.32 Å². The topological polar surface area (TPSA) is 67.9 Å². The maximum atomic E-state index is 11.6. The van der Waals surface area contributed by atoms with Crippen molar-refractivity contribution in [3.8, 4) is 11.5 Å². The van der Waals surface area contributed by atoms with Gasteiger partial charge < -0.3 is 14.8 Å². The van der Waals surface area contributed by atoms with Crippen molar-refractivity contribution >= 4 is 11.9 Å². The van der Waals surface area contributed by atoms with E-state index in [1.54, 1.807) is 7.11 Å². The SMILES string of the molecule is COc1ccccc1OCCCN1C(=O)CCNC1=O. The van der Waals surface area contributed by atoms with Gasteiger partial charge in [0.05, 0.1) is 13.7 Å². The van der Waals surface area contributed by atoms with Crippen LogP contribution in [0.25, 0.3) is 0 Å². The highest BCUT2D eigenvalue weighted by Crippen LogP contribution is 2.25. The Morgan fingerprint density at radius 3 is 2.70 bits per heavy atom. The van der Waals surface area contributed by atoms with Crippen LogP contribution in [-0.4, -0.2) is 43.6 Å². The van der Waals surface area contributed by atoms with E-state index in [-0.39, 0.29) is 11.9 Å². The van der Waals surface area contributed by atoms with Crippen LogP contribution in [0.1, 0.15) is 12.8 Å². The van der Waals surface area contributed by atoms with E-state index in [1.165, 1.54) is 4.90 Å². The van der Waals surface area contributed by atoms with Gasteiger partial charge in [0.25, 0.3) is 0 Å². The molecule has 0 saturated carbocycles. The van der Waals surface area contributed by atoms with Crippen LogP contribution in [0.4, 0.5) is 4.79 Å². The van der Waals surface area contributed by atoms with E-state index < -0.39 is 0 Å². The van der Waals surface area contributed by atoms with Gasteiger partial charge in [-0.3, -0.25) is 9.69 Å². The van der Waals surface area contributed by atoms with Crippen LogP contribution in [0.5, 0.6) is 11.5 Å². The number of methoxy groups -OCH3 is 1. The van der Waals surface area contributed by atoms with E-state index in [1.807, 2.05) is 24.3 Å². The Balaban J connectivity index is 1.78. The molecule has 2 rings (SSSR count). The van der Waals surface area contributed by atoms with Crippen LogP contribution in [-0.2, 0) is 4.79 Å². The normalized spacial score (nSPS) is 14.9. The molecule has 1 aliphatic rings. The summed E-state index contributed by atoms with van der Waals surface area (Å²) in [5.41, 5.74) is 0. The monoisotopic (exact) mass is 278 g/mol. The lowest BCUT2D eigenvalue weighted by Gasteiger charge is -2.25. The van der Waals surface area contributed by atoms with Gasteiger partial charge in [-0.1, -0.05) is 12.1 Å². The highest BCUT2D eigenvalue weighted by atomic mass is 16.5. The van der Waals surface area contributed by atoms with Crippen molar-refractivity contribution in [3.63, 3.8) is 0 Å². The van der Waals surface area contributed by atoms with Gasteiger partial charge in [0.1, 0.15) is 0 Å². The minimum absolute atomic E-state index is 0.133. The molecule has 20 heavy (non-hydrogen) atoms. The van der Waals surface area contributed by atoms with Crippen molar-refractivity contribution in [2.45, 2.75) is 12.8 Å². The van der Waals surface area contributed by atoms with Gasteiger partial charge in [0, 0.05) is 19.5 Å². The average Bonchev–Trinajstić information content (AvgIpc) is 2.46. The molecule has 0 bridgehead atoms. The maximum Gasteiger partial charge on any atom is 0.324 e. The first-order valence-corrected chi connectivity index (χ1v) is 6.56. The van der Waals surface area contributed by atoms with E-state index in [0.29, 0.717) is 44.0 Å². The van der Waals surface area contributed by atoms with E-state index >= 15 is 0 Å². The zero-order valence-corrected chi connectivity index (χ0v) is 11.4. The molecule has 0 unspecified atom stereocenters. The van der Waals surface area contributed by atoms with Crippen molar-refractivity contribution < 1.29 is 19.1 Å². The first-order chi connectivity index (χ1) is 9.72. The predicted octanol–water partition coefficient (Wildman–Crippen LogP) is 1.41. The number of ether oxygens (including phenoxy) is 2. The molecule has 0 spiro atoms. The van der Waals surface area contributed by atoms with Crippen LogP contribution in [0.2, 0.25) is 0 Å². The Kier molecular flexibility index (Phi) is 4.81. The molecule has 6 heteroatoms. The van der Waals surface area contributed by atoms with Crippen molar-refractivity contribution in [2.24, 2.45) is 0 Å². The second-order valence-corrected chi connectivity index (χ2v) is 4.38. The summed E-state index contributed by atoms with van der Waals surface area (Å²) in [4.78, 5) is 24.3. The van der Waals surface area contributed by atoms with Gasteiger partial charge >= 0.3 is 6.03 Å². The van der Waals surface area contributed by atoms with Gasteiger partial charge in [-0.05, 0) is 18.6 Å². The zero-order valence-electron chi connectivity index (χ0n) is 11.4. The standard InChI is InChI=1S/C14H18N2O4/c1-19-11-5-2-3-6-12(11)20-10-4-9-16-13(17)7-8-15-14(16)18/h2-3,5-6H,4,7-10H2,1H3,(H,15,18). The average molecular weight is 278 g/mol. The summed E-state index contributed by atoms with van der Waals surface area (Å²) < 4.78 is 10.8. The van der Waals surface area contributed by atoms with Crippen LogP contribution in [0.15, 0.2) is 24.3 Å². The van der Waals surface area contributed by atoms with Gasteiger partial charge in [-0.15, -0.1) is 0 Å². The number of para-hydroxylation sites is 2. The number of imide groups is 1. The number of amides is 3. The molecular weight excluding hydrogens is 260 g/mol. The highest BCUT2D eigenvalue weighted by Gasteiger charge is 2.24. The lowest BCUT2D eigenvalue weighted by molar-refractivity contribution is -0.129. The Morgan fingerprint density at radius 2 is 2.00 bits per heavy atom. The van der Waals surface area contributed by atoms with Gasteiger partial charge in [0.2, 0.25) is 5.91 Å². The second-order valence-electron chi connectivity index (χ2n) is 4.38. The first kappa shape index (κ1) is 14.2. The second kappa shape index (κ2) is 6.79. The highest BCUT2D eigenvalue weighted by molar-refractivity contribution is 5.96. The number of nitrogens with one attached hydrogen (secondary N) is 1. The first-order valence-electron chi connectivity index (χ1n) is 6.56. The molecule has 0 atom stereocenters. The number of rotatable bonds is 6. The fourth-order valence-electron chi connectivity index (χ4n) is 1.99. The number of carbonyl (C=O) groups excluding carboxylic acids is 2. The zero-order chi connectivity index (χ0) is 14.4. The fraction of sp³-hybridized carbons (Fsp3) is 0.429.